The van der Waals surface area contributed by atoms with Crippen molar-refractivity contribution in [2.75, 3.05) is 27.3 Å². The van der Waals surface area contributed by atoms with Crippen LogP contribution >= 0.6 is 0 Å². The highest BCUT2D eigenvalue weighted by Gasteiger charge is 2.24. The molecule has 16 heavy (non-hydrogen) atoms. The molecule has 4 heteroatoms. The molecular weight excluding hydrogens is 202 g/mol. The van der Waals surface area contributed by atoms with Crippen LogP contribution in [-0.2, 0) is 4.74 Å². The van der Waals surface area contributed by atoms with E-state index >= 15 is 0 Å². The van der Waals surface area contributed by atoms with E-state index in [2.05, 4.69) is 30.3 Å². The second-order valence-electron chi connectivity index (χ2n) is 4.70. The van der Waals surface area contributed by atoms with Crippen molar-refractivity contribution in [3.8, 4) is 6.07 Å². The zero-order chi connectivity index (χ0) is 12.0. The largest absolute Gasteiger partial charge is 0.383 e. The summed E-state index contributed by atoms with van der Waals surface area (Å²) in [6.07, 6.45) is 3.35. The molecule has 1 aliphatic carbocycles. The highest BCUT2D eigenvalue weighted by Crippen LogP contribution is 2.19. The fraction of sp³-hybridized carbons (Fsp3) is 0.917. The third kappa shape index (κ3) is 4.93. The lowest BCUT2D eigenvalue weighted by molar-refractivity contribution is 0.114. The molecule has 0 spiro atoms. The van der Waals surface area contributed by atoms with E-state index in [0.29, 0.717) is 12.1 Å². The topological polar surface area (TPSA) is 48.3 Å². The standard InChI is InChI=1S/C12H23N3O/c1-10(9-16-3)15(2)7-6-12(8-13)14-11-4-5-11/h10-12,14H,4-7,9H2,1-3H3. The van der Waals surface area contributed by atoms with Crippen LogP contribution in [0, 0.1) is 11.3 Å². The van der Waals surface area contributed by atoms with Crippen molar-refractivity contribution >= 4 is 0 Å². The molecule has 1 aliphatic rings. The minimum Gasteiger partial charge on any atom is -0.383 e. The fourth-order valence-electron chi connectivity index (χ4n) is 1.64. The molecule has 1 saturated carbocycles. The minimum atomic E-state index is 0.00435. The molecule has 0 aliphatic heterocycles. The van der Waals surface area contributed by atoms with Crippen molar-refractivity contribution in [3.63, 3.8) is 0 Å². The summed E-state index contributed by atoms with van der Waals surface area (Å²) >= 11 is 0. The minimum absolute atomic E-state index is 0.00435. The average molecular weight is 225 g/mol. The summed E-state index contributed by atoms with van der Waals surface area (Å²) in [7, 11) is 3.80. The van der Waals surface area contributed by atoms with E-state index in [4.69, 9.17) is 10.00 Å². The predicted octanol–water partition coefficient (Wildman–Crippen LogP) is 0.987. The summed E-state index contributed by atoms with van der Waals surface area (Å²) in [5.74, 6) is 0. The third-order valence-electron chi connectivity index (χ3n) is 3.10. The van der Waals surface area contributed by atoms with E-state index in [1.165, 1.54) is 12.8 Å². The van der Waals surface area contributed by atoms with E-state index in [0.717, 1.165) is 19.6 Å². The molecule has 4 nitrogen and oxygen atoms in total. The zero-order valence-corrected chi connectivity index (χ0v) is 10.6. The number of hydrogen-bond donors (Lipinski definition) is 1. The number of likely N-dealkylation sites (N-methyl/N-ethyl adjacent to an activating group) is 1. The van der Waals surface area contributed by atoms with Gasteiger partial charge < -0.3 is 9.64 Å². The van der Waals surface area contributed by atoms with Gasteiger partial charge in [0.2, 0.25) is 0 Å². The summed E-state index contributed by atoms with van der Waals surface area (Å²) in [5.41, 5.74) is 0. The van der Waals surface area contributed by atoms with Crippen LogP contribution in [0.4, 0.5) is 0 Å². The summed E-state index contributed by atoms with van der Waals surface area (Å²) in [6.45, 7) is 3.81. The average Bonchev–Trinajstić information content (AvgIpc) is 3.07. The number of hydrogen-bond acceptors (Lipinski definition) is 4. The molecule has 0 amide bonds. The Morgan fingerprint density at radius 3 is 2.75 bits per heavy atom. The Balaban J connectivity index is 2.17. The molecule has 0 heterocycles. The number of methoxy groups -OCH3 is 1. The molecule has 1 rings (SSSR count). The molecule has 0 aromatic carbocycles. The van der Waals surface area contributed by atoms with Gasteiger partial charge in [0, 0.05) is 25.7 Å². The summed E-state index contributed by atoms with van der Waals surface area (Å²) in [6, 6.07) is 3.35. The van der Waals surface area contributed by atoms with Gasteiger partial charge in [-0.25, -0.2) is 0 Å². The van der Waals surface area contributed by atoms with E-state index in [-0.39, 0.29) is 6.04 Å². The first-order valence-electron chi connectivity index (χ1n) is 6.02. The molecule has 0 aromatic rings. The van der Waals surface area contributed by atoms with Gasteiger partial charge in [-0.3, -0.25) is 5.32 Å². The van der Waals surface area contributed by atoms with Crippen molar-refractivity contribution in [3.05, 3.63) is 0 Å². The Hall–Kier alpha value is -0.630. The van der Waals surface area contributed by atoms with Crippen molar-refractivity contribution in [2.24, 2.45) is 0 Å². The van der Waals surface area contributed by atoms with Gasteiger partial charge in [0.1, 0.15) is 0 Å². The first-order valence-corrected chi connectivity index (χ1v) is 6.02. The van der Waals surface area contributed by atoms with Crippen LogP contribution in [0.1, 0.15) is 26.2 Å². The Labute approximate surface area is 98.6 Å². The van der Waals surface area contributed by atoms with Crippen molar-refractivity contribution in [1.82, 2.24) is 10.2 Å². The van der Waals surface area contributed by atoms with E-state index in [1.54, 1.807) is 7.11 Å². The van der Waals surface area contributed by atoms with Crippen LogP contribution in [0.15, 0.2) is 0 Å². The van der Waals surface area contributed by atoms with Gasteiger partial charge in [-0.05, 0) is 33.2 Å². The lowest BCUT2D eigenvalue weighted by Crippen LogP contribution is -2.38. The third-order valence-corrected chi connectivity index (χ3v) is 3.10. The molecule has 2 atom stereocenters. The van der Waals surface area contributed by atoms with Gasteiger partial charge in [-0.2, -0.15) is 5.26 Å². The number of nitrogens with zero attached hydrogens (tertiary/aromatic N) is 2. The van der Waals surface area contributed by atoms with E-state index < -0.39 is 0 Å². The smallest absolute Gasteiger partial charge is 0.0967 e. The maximum Gasteiger partial charge on any atom is 0.0967 e. The van der Waals surface area contributed by atoms with Gasteiger partial charge in [-0.1, -0.05) is 0 Å². The molecule has 1 N–H and O–H groups in total. The van der Waals surface area contributed by atoms with Gasteiger partial charge >= 0.3 is 0 Å². The molecule has 2 unspecified atom stereocenters. The first-order chi connectivity index (χ1) is 7.67. The maximum absolute atomic E-state index is 9.00. The highest BCUT2D eigenvalue weighted by molar-refractivity contribution is 4.96. The van der Waals surface area contributed by atoms with Crippen LogP contribution in [-0.4, -0.2) is 50.3 Å². The van der Waals surface area contributed by atoms with Crippen molar-refractivity contribution in [1.29, 1.82) is 5.26 Å². The summed E-state index contributed by atoms with van der Waals surface area (Å²) in [5, 5.41) is 12.3. The SMILES string of the molecule is COCC(C)N(C)CCC(C#N)NC1CC1. The van der Waals surface area contributed by atoms with Gasteiger partial charge in [-0.15, -0.1) is 0 Å². The molecule has 1 fully saturated rings. The molecule has 0 bridgehead atoms. The van der Waals surface area contributed by atoms with Crippen LogP contribution < -0.4 is 5.32 Å². The number of nitriles is 1. The Bertz CT molecular complexity index is 235. The second-order valence-corrected chi connectivity index (χ2v) is 4.70. The first kappa shape index (κ1) is 13.4. The molecule has 0 radical (unpaired) electrons. The normalized spacial score (nSPS) is 19.4. The fourth-order valence-corrected chi connectivity index (χ4v) is 1.64. The Morgan fingerprint density at radius 2 is 2.25 bits per heavy atom. The maximum atomic E-state index is 9.00. The summed E-state index contributed by atoms with van der Waals surface area (Å²) < 4.78 is 5.11. The Morgan fingerprint density at radius 1 is 1.56 bits per heavy atom. The van der Waals surface area contributed by atoms with Crippen LogP contribution in [0.5, 0.6) is 0 Å². The van der Waals surface area contributed by atoms with E-state index in [1.807, 2.05) is 0 Å². The molecule has 0 aromatic heterocycles. The lowest BCUT2D eigenvalue weighted by atomic mass is 10.2. The van der Waals surface area contributed by atoms with Crippen molar-refractivity contribution in [2.45, 2.75) is 44.3 Å². The van der Waals surface area contributed by atoms with Gasteiger partial charge in [0.25, 0.3) is 0 Å². The quantitative estimate of drug-likeness (QED) is 0.669. The van der Waals surface area contributed by atoms with Crippen LogP contribution in [0.3, 0.4) is 0 Å². The monoisotopic (exact) mass is 225 g/mol. The lowest BCUT2D eigenvalue weighted by Gasteiger charge is -2.25. The van der Waals surface area contributed by atoms with Crippen LogP contribution in [0.25, 0.3) is 0 Å². The van der Waals surface area contributed by atoms with Crippen LogP contribution in [0.2, 0.25) is 0 Å². The van der Waals surface area contributed by atoms with Crippen molar-refractivity contribution < 1.29 is 4.74 Å². The van der Waals surface area contributed by atoms with E-state index in [9.17, 15) is 0 Å². The molecule has 92 valence electrons. The highest BCUT2D eigenvalue weighted by atomic mass is 16.5. The zero-order valence-electron chi connectivity index (χ0n) is 10.6. The number of nitrogens with one attached hydrogen (secondary N) is 1. The summed E-state index contributed by atoms with van der Waals surface area (Å²) in [4.78, 5) is 2.24. The predicted molar refractivity (Wildman–Crippen MR) is 64.1 cm³/mol. The molecular formula is C12H23N3O. The Kier molecular flexibility index (Phi) is 5.75. The van der Waals surface area contributed by atoms with Gasteiger partial charge in [0.15, 0.2) is 0 Å². The second kappa shape index (κ2) is 6.85. The number of ether oxygens (including phenoxy) is 1. The molecule has 0 saturated heterocycles. The van der Waals surface area contributed by atoms with Gasteiger partial charge in [0.05, 0.1) is 18.7 Å². The number of rotatable bonds is 8.